The molecule has 1 aliphatic heterocycles. The average Bonchev–Trinajstić information content (AvgIpc) is 2.57. The summed E-state index contributed by atoms with van der Waals surface area (Å²) in [4.78, 5) is 46.3. The van der Waals surface area contributed by atoms with Gasteiger partial charge in [-0.25, -0.2) is 0 Å². The number of carbonyl (C=O) groups is 4. The second-order valence-corrected chi connectivity index (χ2v) is 6.80. The highest BCUT2D eigenvalue weighted by molar-refractivity contribution is 5.68. The lowest BCUT2D eigenvalue weighted by Crippen LogP contribution is -2.63. The highest BCUT2D eigenvalue weighted by Crippen LogP contribution is 2.30. The molecule has 29 heavy (non-hydrogen) atoms. The zero-order valence-corrected chi connectivity index (χ0v) is 17.7. The summed E-state index contributed by atoms with van der Waals surface area (Å²) in [7, 11) is 0. The van der Waals surface area contributed by atoms with Crippen LogP contribution in [0.4, 0.5) is 0 Å². The summed E-state index contributed by atoms with van der Waals surface area (Å²) in [6.45, 7) is 8.25. The van der Waals surface area contributed by atoms with E-state index in [4.69, 9.17) is 28.4 Å². The third kappa shape index (κ3) is 8.36. The van der Waals surface area contributed by atoms with Crippen LogP contribution in [0.5, 0.6) is 0 Å². The van der Waals surface area contributed by atoms with Gasteiger partial charge in [-0.15, -0.1) is 0 Å². The van der Waals surface area contributed by atoms with Crippen LogP contribution in [-0.2, 0) is 47.6 Å². The van der Waals surface area contributed by atoms with E-state index in [1.807, 2.05) is 13.8 Å². The molecule has 0 N–H and O–H groups in total. The molecule has 0 aromatic rings. The van der Waals surface area contributed by atoms with Gasteiger partial charge in [-0.3, -0.25) is 19.2 Å². The lowest BCUT2D eigenvalue weighted by atomic mass is 9.98. The molecule has 166 valence electrons. The van der Waals surface area contributed by atoms with Gasteiger partial charge in [0.05, 0.1) is 6.10 Å². The van der Waals surface area contributed by atoms with Crippen molar-refractivity contribution >= 4 is 23.9 Å². The van der Waals surface area contributed by atoms with E-state index in [9.17, 15) is 19.2 Å². The molecule has 0 bridgehead atoms. The van der Waals surface area contributed by atoms with Gasteiger partial charge in [0.2, 0.25) is 0 Å². The molecular weight excluding hydrogens is 388 g/mol. The van der Waals surface area contributed by atoms with Gasteiger partial charge in [-0.2, -0.15) is 0 Å². The quantitative estimate of drug-likeness (QED) is 0.399. The monoisotopic (exact) mass is 418 g/mol. The van der Waals surface area contributed by atoms with E-state index in [0.717, 1.165) is 6.42 Å². The highest BCUT2D eigenvalue weighted by Gasteiger charge is 2.53. The van der Waals surface area contributed by atoms with Crippen molar-refractivity contribution in [3.8, 4) is 0 Å². The molecule has 0 aromatic carbocycles. The van der Waals surface area contributed by atoms with Crippen molar-refractivity contribution in [3.63, 3.8) is 0 Å². The Balaban J connectivity index is 3.28. The number of ether oxygens (including phenoxy) is 6. The minimum atomic E-state index is -1.21. The molecule has 0 saturated carbocycles. The van der Waals surface area contributed by atoms with Crippen molar-refractivity contribution in [1.29, 1.82) is 0 Å². The smallest absolute Gasteiger partial charge is 0.303 e. The third-order valence-electron chi connectivity index (χ3n) is 4.01. The predicted molar refractivity (Wildman–Crippen MR) is 97.4 cm³/mol. The summed E-state index contributed by atoms with van der Waals surface area (Å²) < 4.78 is 32.7. The Morgan fingerprint density at radius 2 is 1.34 bits per heavy atom. The molecule has 1 heterocycles. The van der Waals surface area contributed by atoms with Crippen molar-refractivity contribution < 1.29 is 47.6 Å². The van der Waals surface area contributed by atoms with E-state index in [1.54, 1.807) is 0 Å². The summed E-state index contributed by atoms with van der Waals surface area (Å²) >= 11 is 0. The molecule has 1 aliphatic rings. The van der Waals surface area contributed by atoms with Gasteiger partial charge in [-0.05, 0) is 13.3 Å². The first-order valence-corrected chi connectivity index (χ1v) is 9.51. The standard InChI is InChI=1S/C19H30O10/c1-7-8-10(2)25-19-18(28-14(6)23)17(27-13(5)22)16(26-12(4)21)15(29-19)9-24-11(3)20/h10,15-19H,7-9H2,1-6H3/t10?,15-,16+,17+,18-,19-/m1/s1. The molecule has 1 unspecified atom stereocenters. The fraction of sp³-hybridized carbons (Fsp3) is 0.789. The first-order chi connectivity index (χ1) is 13.5. The minimum Gasteiger partial charge on any atom is -0.463 e. The zero-order valence-electron chi connectivity index (χ0n) is 17.7. The fourth-order valence-corrected chi connectivity index (χ4v) is 3.00. The number of hydrogen-bond donors (Lipinski definition) is 0. The van der Waals surface area contributed by atoms with Gasteiger partial charge in [-0.1, -0.05) is 13.3 Å². The minimum absolute atomic E-state index is 0.263. The molecule has 0 aromatic heterocycles. The predicted octanol–water partition coefficient (Wildman–Crippen LogP) is 1.27. The average molecular weight is 418 g/mol. The van der Waals surface area contributed by atoms with Crippen molar-refractivity contribution in [2.24, 2.45) is 0 Å². The normalized spacial score (nSPS) is 27.4. The van der Waals surface area contributed by atoms with Gasteiger partial charge in [0.25, 0.3) is 0 Å². The van der Waals surface area contributed by atoms with Crippen molar-refractivity contribution in [3.05, 3.63) is 0 Å². The van der Waals surface area contributed by atoms with Crippen LogP contribution >= 0.6 is 0 Å². The maximum atomic E-state index is 11.7. The van der Waals surface area contributed by atoms with Crippen LogP contribution in [-0.4, -0.2) is 67.3 Å². The van der Waals surface area contributed by atoms with Gasteiger partial charge >= 0.3 is 23.9 Å². The molecular formula is C19H30O10. The Kier molecular flexibility index (Phi) is 10.0. The second-order valence-electron chi connectivity index (χ2n) is 6.80. The molecule has 6 atom stereocenters. The van der Waals surface area contributed by atoms with E-state index < -0.39 is 54.6 Å². The van der Waals surface area contributed by atoms with Crippen LogP contribution in [0.2, 0.25) is 0 Å². The Hall–Kier alpha value is -2.20. The molecule has 1 saturated heterocycles. The first-order valence-electron chi connectivity index (χ1n) is 9.51. The van der Waals surface area contributed by atoms with Crippen LogP contribution in [0.25, 0.3) is 0 Å². The largest absolute Gasteiger partial charge is 0.463 e. The Labute approximate surface area is 170 Å². The van der Waals surface area contributed by atoms with Crippen LogP contribution < -0.4 is 0 Å². The Morgan fingerprint density at radius 1 is 0.828 bits per heavy atom. The highest BCUT2D eigenvalue weighted by atomic mass is 16.7. The van der Waals surface area contributed by atoms with E-state index in [-0.39, 0.29) is 12.7 Å². The number of carbonyl (C=O) groups excluding carboxylic acids is 4. The van der Waals surface area contributed by atoms with Crippen molar-refractivity contribution in [2.75, 3.05) is 6.61 Å². The number of rotatable bonds is 9. The molecule has 10 heteroatoms. The van der Waals surface area contributed by atoms with Crippen LogP contribution in [0, 0.1) is 0 Å². The van der Waals surface area contributed by atoms with Crippen molar-refractivity contribution in [2.45, 2.75) is 91.2 Å². The maximum Gasteiger partial charge on any atom is 0.303 e. The van der Waals surface area contributed by atoms with Gasteiger partial charge < -0.3 is 28.4 Å². The zero-order chi connectivity index (χ0) is 22.1. The van der Waals surface area contributed by atoms with Crippen LogP contribution in [0.3, 0.4) is 0 Å². The summed E-state index contributed by atoms with van der Waals surface area (Å²) in [6.07, 6.45) is -4.43. The second kappa shape index (κ2) is 11.7. The maximum absolute atomic E-state index is 11.7. The molecule has 10 nitrogen and oxygen atoms in total. The molecule has 0 aliphatic carbocycles. The molecule has 0 amide bonds. The topological polar surface area (TPSA) is 124 Å². The SMILES string of the molecule is CCCC(C)O[C@@H]1O[C@H](COC(C)=O)[C@H](OC(C)=O)[C@H](OC(C)=O)[C@H]1OC(C)=O. The molecule has 0 radical (unpaired) electrons. The fourth-order valence-electron chi connectivity index (χ4n) is 3.00. The van der Waals surface area contributed by atoms with Gasteiger partial charge in [0, 0.05) is 27.7 Å². The summed E-state index contributed by atoms with van der Waals surface area (Å²) in [6, 6.07) is 0. The number of hydrogen-bond acceptors (Lipinski definition) is 10. The molecule has 1 fully saturated rings. The van der Waals surface area contributed by atoms with E-state index >= 15 is 0 Å². The van der Waals surface area contributed by atoms with E-state index in [2.05, 4.69) is 0 Å². The van der Waals surface area contributed by atoms with Crippen molar-refractivity contribution in [1.82, 2.24) is 0 Å². The Bertz CT molecular complexity index is 590. The Morgan fingerprint density at radius 3 is 1.83 bits per heavy atom. The molecule has 1 rings (SSSR count). The van der Waals surface area contributed by atoms with Crippen LogP contribution in [0.1, 0.15) is 54.4 Å². The lowest BCUT2D eigenvalue weighted by molar-refractivity contribution is -0.316. The lowest BCUT2D eigenvalue weighted by Gasteiger charge is -2.44. The molecule has 0 spiro atoms. The summed E-state index contributed by atoms with van der Waals surface area (Å²) in [5.74, 6) is -2.59. The van der Waals surface area contributed by atoms with E-state index in [1.165, 1.54) is 27.7 Å². The number of esters is 4. The van der Waals surface area contributed by atoms with Gasteiger partial charge in [0.15, 0.2) is 24.6 Å². The third-order valence-corrected chi connectivity index (χ3v) is 4.01. The van der Waals surface area contributed by atoms with E-state index in [0.29, 0.717) is 6.42 Å². The summed E-state index contributed by atoms with van der Waals surface area (Å²) in [5, 5.41) is 0. The summed E-state index contributed by atoms with van der Waals surface area (Å²) in [5.41, 5.74) is 0. The first kappa shape index (κ1) is 24.8. The van der Waals surface area contributed by atoms with Crippen LogP contribution in [0.15, 0.2) is 0 Å². The van der Waals surface area contributed by atoms with Gasteiger partial charge in [0.1, 0.15) is 12.7 Å².